The van der Waals surface area contributed by atoms with Crippen molar-refractivity contribution < 1.29 is 19.1 Å². The number of amides is 2. The lowest BCUT2D eigenvalue weighted by atomic mass is 10.2. The quantitative estimate of drug-likeness (QED) is 0.730. The molecule has 0 aromatic heterocycles. The highest BCUT2D eigenvalue weighted by atomic mass is 35.5. The van der Waals surface area contributed by atoms with E-state index in [1.54, 1.807) is 18.2 Å². The molecule has 30 heavy (non-hydrogen) atoms. The summed E-state index contributed by atoms with van der Waals surface area (Å²) in [5, 5.41) is 3.49. The van der Waals surface area contributed by atoms with Crippen LogP contribution in [0.4, 0.5) is 5.69 Å². The highest BCUT2D eigenvalue weighted by molar-refractivity contribution is 6.30. The predicted octanol–water partition coefficient (Wildman–Crippen LogP) is 2.83. The van der Waals surface area contributed by atoms with Crippen molar-refractivity contribution in [2.24, 2.45) is 0 Å². The van der Waals surface area contributed by atoms with Gasteiger partial charge in [0.25, 0.3) is 5.91 Å². The van der Waals surface area contributed by atoms with Gasteiger partial charge < -0.3 is 24.6 Å². The Labute approximate surface area is 181 Å². The van der Waals surface area contributed by atoms with Gasteiger partial charge in [-0.1, -0.05) is 17.7 Å². The van der Waals surface area contributed by atoms with Crippen LogP contribution in [0, 0.1) is 0 Å². The molecular weight excluding hydrogens is 406 g/mol. The Hall–Kier alpha value is -2.93. The summed E-state index contributed by atoms with van der Waals surface area (Å²) < 4.78 is 10.4. The molecule has 0 atom stereocenters. The van der Waals surface area contributed by atoms with Crippen LogP contribution >= 0.6 is 11.6 Å². The van der Waals surface area contributed by atoms with E-state index in [4.69, 9.17) is 21.1 Å². The molecule has 1 aliphatic rings. The number of benzene rings is 2. The Kier molecular flexibility index (Phi) is 7.41. The Morgan fingerprint density at radius 1 is 1.00 bits per heavy atom. The number of halogens is 1. The molecule has 2 amide bonds. The van der Waals surface area contributed by atoms with Crippen LogP contribution < -0.4 is 19.7 Å². The number of piperazine rings is 1. The first-order valence-corrected chi connectivity index (χ1v) is 10.2. The average Bonchev–Trinajstić information content (AvgIpc) is 2.78. The molecule has 2 aromatic carbocycles. The third-order valence-corrected chi connectivity index (χ3v) is 5.28. The molecule has 7 nitrogen and oxygen atoms in total. The minimum atomic E-state index is -0.272. The van der Waals surface area contributed by atoms with Crippen LogP contribution in [0.3, 0.4) is 0 Å². The van der Waals surface area contributed by atoms with Gasteiger partial charge in [-0.15, -0.1) is 0 Å². The average molecular weight is 432 g/mol. The molecule has 0 bridgehead atoms. The van der Waals surface area contributed by atoms with Gasteiger partial charge in [-0.3, -0.25) is 9.59 Å². The van der Waals surface area contributed by atoms with Crippen LogP contribution in [-0.2, 0) is 4.79 Å². The van der Waals surface area contributed by atoms with Crippen LogP contribution in [-0.4, -0.2) is 63.7 Å². The summed E-state index contributed by atoms with van der Waals surface area (Å²) in [5.74, 6) is 0.830. The Morgan fingerprint density at radius 2 is 1.67 bits per heavy atom. The van der Waals surface area contributed by atoms with Crippen LogP contribution in [0.1, 0.15) is 16.8 Å². The molecular formula is C22H26ClN3O4. The maximum atomic E-state index is 12.5. The van der Waals surface area contributed by atoms with Crippen molar-refractivity contribution >= 4 is 29.1 Å². The lowest BCUT2D eigenvalue weighted by Crippen LogP contribution is -2.49. The van der Waals surface area contributed by atoms with Crippen LogP contribution in [0.5, 0.6) is 11.5 Å². The molecule has 1 fully saturated rings. The first kappa shape index (κ1) is 21.8. The second-order valence-corrected chi connectivity index (χ2v) is 7.39. The number of rotatable bonds is 7. The van der Waals surface area contributed by atoms with E-state index >= 15 is 0 Å². The van der Waals surface area contributed by atoms with Crippen molar-refractivity contribution in [2.45, 2.75) is 6.42 Å². The maximum absolute atomic E-state index is 12.5. The van der Waals surface area contributed by atoms with Gasteiger partial charge in [-0.2, -0.15) is 0 Å². The van der Waals surface area contributed by atoms with Gasteiger partial charge in [-0.05, 0) is 30.3 Å². The second-order valence-electron chi connectivity index (χ2n) is 6.95. The van der Waals surface area contributed by atoms with E-state index < -0.39 is 0 Å². The molecule has 8 heteroatoms. The molecule has 0 radical (unpaired) electrons. The number of hydrogen-bond donors (Lipinski definition) is 1. The topological polar surface area (TPSA) is 71.1 Å². The second kappa shape index (κ2) is 10.2. The third kappa shape index (κ3) is 5.57. The lowest BCUT2D eigenvalue weighted by Gasteiger charge is -2.36. The fourth-order valence-corrected chi connectivity index (χ4v) is 3.55. The molecule has 2 aromatic rings. The van der Waals surface area contributed by atoms with Gasteiger partial charge in [0.1, 0.15) is 11.5 Å². The van der Waals surface area contributed by atoms with Crippen molar-refractivity contribution in [2.75, 3.05) is 51.8 Å². The van der Waals surface area contributed by atoms with Crippen LogP contribution in [0.2, 0.25) is 5.02 Å². The van der Waals surface area contributed by atoms with Gasteiger partial charge >= 0.3 is 0 Å². The Bertz CT molecular complexity index is 875. The summed E-state index contributed by atoms with van der Waals surface area (Å²) in [6, 6.07) is 12.7. The van der Waals surface area contributed by atoms with Crippen LogP contribution in [0.25, 0.3) is 0 Å². The summed E-state index contributed by atoms with van der Waals surface area (Å²) in [6.45, 7) is 3.06. The first-order valence-electron chi connectivity index (χ1n) is 9.79. The number of hydrogen-bond acceptors (Lipinski definition) is 5. The van der Waals surface area contributed by atoms with E-state index in [0.717, 1.165) is 18.8 Å². The third-order valence-electron chi connectivity index (χ3n) is 5.04. The minimum Gasteiger partial charge on any atom is -0.497 e. The fraction of sp³-hybridized carbons (Fsp3) is 0.364. The van der Waals surface area contributed by atoms with Gasteiger partial charge in [0.2, 0.25) is 5.91 Å². The normalized spacial score (nSPS) is 13.7. The Morgan fingerprint density at radius 3 is 2.27 bits per heavy atom. The highest BCUT2D eigenvalue weighted by Crippen LogP contribution is 2.23. The van der Waals surface area contributed by atoms with Gasteiger partial charge in [-0.25, -0.2) is 0 Å². The number of carbonyl (C=O) groups excluding carboxylic acids is 2. The number of ether oxygens (including phenoxy) is 2. The summed E-state index contributed by atoms with van der Waals surface area (Å²) in [6.07, 6.45) is 0.254. The number of carbonyl (C=O) groups is 2. The molecule has 1 aliphatic heterocycles. The summed E-state index contributed by atoms with van der Waals surface area (Å²) in [5.41, 5.74) is 1.49. The lowest BCUT2D eigenvalue weighted by molar-refractivity contribution is -0.131. The summed E-state index contributed by atoms with van der Waals surface area (Å²) in [4.78, 5) is 29.0. The van der Waals surface area contributed by atoms with Crippen molar-refractivity contribution in [3.63, 3.8) is 0 Å². The van der Waals surface area contributed by atoms with Crippen molar-refractivity contribution in [3.8, 4) is 11.5 Å². The monoisotopic (exact) mass is 431 g/mol. The fourth-order valence-electron chi connectivity index (χ4n) is 3.37. The first-order chi connectivity index (χ1) is 14.5. The molecule has 3 rings (SSSR count). The van der Waals surface area contributed by atoms with E-state index in [1.807, 2.05) is 29.2 Å². The zero-order chi connectivity index (χ0) is 21.5. The predicted molar refractivity (Wildman–Crippen MR) is 117 cm³/mol. The number of anilines is 1. The molecule has 0 aliphatic carbocycles. The largest absolute Gasteiger partial charge is 0.497 e. The molecule has 160 valence electrons. The number of nitrogens with zero attached hydrogens (tertiary/aromatic N) is 2. The maximum Gasteiger partial charge on any atom is 0.251 e. The minimum absolute atomic E-state index is 0.0317. The molecule has 0 spiro atoms. The summed E-state index contributed by atoms with van der Waals surface area (Å²) >= 11 is 6.06. The standard InChI is InChI=1S/C22H26ClN3O4/c1-29-19-12-16(13-20(15-19)30-2)22(28)24-7-6-21(27)26-10-8-25(9-11-26)18-5-3-4-17(23)14-18/h3-5,12-15H,6-11H2,1-2H3,(H,24,28). The zero-order valence-corrected chi connectivity index (χ0v) is 17.9. The van der Waals surface area contributed by atoms with Crippen molar-refractivity contribution in [3.05, 3.63) is 53.1 Å². The number of methoxy groups -OCH3 is 2. The molecule has 1 N–H and O–H groups in total. The van der Waals surface area contributed by atoms with Gasteiger partial charge in [0, 0.05) is 61.5 Å². The van der Waals surface area contributed by atoms with Gasteiger partial charge in [0.15, 0.2) is 0 Å². The van der Waals surface area contributed by atoms with E-state index in [1.165, 1.54) is 14.2 Å². The molecule has 0 saturated carbocycles. The molecule has 1 heterocycles. The van der Waals surface area contributed by atoms with Crippen molar-refractivity contribution in [1.82, 2.24) is 10.2 Å². The van der Waals surface area contributed by atoms with E-state index in [0.29, 0.717) is 35.2 Å². The van der Waals surface area contributed by atoms with Gasteiger partial charge in [0.05, 0.1) is 14.2 Å². The van der Waals surface area contributed by atoms with Crippen molar-refractivity contribution in [1.29, 1.82) is 0 Å². The summed E-state index contributed by atoms with van der Waals surface area (Å²) in [7, 11) is 3.06. The van der Waals surface area contributed by atoms with E-state index in [-0.39, 0.29) is 24.8 Å². The number of nitrogens with one attached hydrogen (secondary N) is 1. The SMILES string of the molecule is COc1cc(OC)cc(C(=O)NCCC(=O)N2CCN(c3cccc(Cl)c3)CC2)c1. The van der Waals surface area contributed by atoms with Crippen LogP contribution in [0.15, 0.2) is 42.5 Å². The molecule has 1 saturated heterocycles. The zero-order valence-electron chi connectivity index (χ0n) is 17.2. The van der Waals surface area contributed by atoms with E-state index in [9.17, 15) is 9.59 Å². The smallest absolute Gasteiger partial charge is 0.251 e. The van der Waals surface area contributed by atoms with E-state index in [2.05, 4.69) is 10.2 Å². The Balaban J connectivity index is 1.46. The molecule has 0 unspecified atom stereocenters. The highest BCUT2D eigenvalue weighted by Gasteiger charge is 2.21.